The smallest absolute Gasteiger partial charge is 0.304 e. The summed E-state index contributed by atoms with van der Waals surface area (Å²) in [4.78, 5) is 13.4. The summed E-state index contributed by atoms with van der Waals surface area (Å²) in [7, 11) is 0. The number of carboxylic acid groups (broad SMARTS) is 1. The van der Waals surface area contributed by atoms with Crippen molar-refractivity contribution in [3.63, 3.8) is 0 Å². The van der Waals surface area contributed by atoms with E-state index in [1.165, 1.54) is 5.57 Å². The normalized spacial score (nSPS) is 25.9. The van der Waals surface area contributed by atoms with Crippen molar-refractivity contribution in [2.45, 2.75) is 53.0 Å². The quantitative estimate of drug-likeness (QED) is 0.739. The van der Waals surface area contributed by atoms with Crippen LogP contribution in [0.5, 0.6) is 0 Å². The Morgan fingerprint density at radius 1 is 1.50 bits per heavy atom. The van der Waals surface area contributed by atoms with Gasteiger partial charge < -0.3 is 10.0 Å². The van der Waals surface area contributed by atoms with Crippen LogP contribution in [0.2, 0.25) is 0 Å². The Morgan fingerprint density at radius 2 is 2.11 bits per heavy atom. The molecule has 0 aromatic rings. The van der Waals surface area contributed by atoms with E-state index in [2.05, 4.69) is 38.7 Å². The third-order valence-electron chi connectivity index (χ3n) is 4.04. The molecule has 0 bridgehead atoms. The fraction of sp³-hybridized carbons (Fsp3) is 0.800. The van der Waals surface area contributed by atoms with Crippen molar-refractivity contribution in [2.24, 2.45) is 11.8 Å². The van der Waals surface area contributed by atoms with Gasteiger partial charge in [-0.3, -0.25) is 4.79 Å². The van der Waals surface area contributed by atoms with Crippen LogP contribution in [-0.2, 0) is 4.79 Å². The summed E-state index contributed by atoms with van der Waals surface area (Å²) in [5.74, 6) is 0.392. The van der Waals surface area contributed by atoms with E-state index >= 15 is 0 Å². The molecule has 0 aromatic carbocycles. The van der Waals surface area contributed by atoms with Crippen LogP contribution in [0.15, 0.2) is 11.6 Å². The zero-order valence-corrected chi connectivity index (χ0v) is 12.1. The molecule has 3 unspecified atom stereocenters. The molecule has 18 heavy (non-hydrogen) atoms. The summed E-state index contributed by atoms with van der Waals surface area (Å²) in [5, 5.41) is 9.14. The summed E-state index contributed by atoms with van der Waals surface area (Å²) in [5.41, 5.74) is 1.42. The highest BCUT2D eigenvalue weighted by molar-refractivity contribution is 5.67. The molecule has 0 saturated carbocycles. The Morgan fingerprint density at radius 3 is 2.56 bits per heavy atom. The zero-order chi connectivity index (χ0) is 13.7. The van der Waals surface area contributed by atoms with Gasteiger partial charge in [-0.15, -0.1) is 0 Å². The van der Waals surface area contributed by atoms with Crippen LogP contribution in [0.25, 0.3) is 0 Å². The number of nitrogens with zero attached hydrogens (tertiary/aromatic N) is 1. The Labute approximate surface area is 111 Å². The van der Waals surface area contributed by atoms with Crippen molar-refractivity contribution in [1.29, 1.82) is 0 Å². The molecule has 1 N–H and O–H groups in total. The van der Waals surface area contributed by atoms with Crippen molar-refractivity contribution in [1.82, 2.24) is 4.90 Å². The first kappa shape index (κ1) is 15.2. The lowest BCUT2D eigenvalue weighted by Crippen LogP contribution is -2.43. The number of allylic oxidation sites excluding steroid dienone is 2. The van der Waals surface area contributed by atoms with Crippen LogP contribution in [0, 0.1) is 11.8 Å². The van der Waals surface area contributed by atoms with Gasteiger partial charge in [0.15, 0.2) is 0 Å². The monoisotopic (exact) mass is 253 g/mol. The van der Waals surface area contributed by atoms with Crippen LogP contribution < -0.4 is 0 Å². The highest BCUT2D eigenvalue weighted by Crippen LogP contribution is 2.33. The van der Waals surface area contributed by atoms with Crippen molar-refractivity contribution < 1.29 is 9.90 Å². The van der Waals surface area contributed by atoms with Crippen LogP contribution in [0.3, 0.4) is 0 Å². The van der Waals surface area contributed by atoms with Crippen LogP contribution in [0.1, 0.15) is 47.0 Å². The minimum Gasteiger partial charge on any atom is -0.481 e. The molecule has 0 radical (unpaired) electrons. The van der Waals surface area contributed by atoms with E-state index in [1.54, 1.807) is 0 Å². The average Bonchev–Trinajstić information content (AvgIpc) is 2.27. The van der Waals surface area contributed by atoms with Gasteiger partial charge in [-0.1, -0.05) is 32.4 Å². The molecule has 0 aliphatic heterocycles. The molecule has 1 aliphatic rings. The summed E-state index contributed by atoms with van der Waals surface area (Å²) in [6, 6.07) is 0.184. The SMILES string of the molecule is CCN(CC)C(CC(=O)O)C1CC(C)=CC(C)C1. The maximum atomic E-state index is 11.1. The first-order chi connectivity index (χ1) is 8.47. The first-order valence-electron chi connectivity index (χ1n) is 7.11. The van der Waals surface area contributed by atoms with Crippen molar-refractivity contribution in [3.8, 4) is 0 Å². The highest BCUT2D eigenvalue weighted by Gasteiger charge is 2.31. The minimum absolute atomic E-state index is 0.184. The van der Waals surface area contributed by atoms with E-state index in [4.69, 9.17) is 5.11 Å². The Bertz CT molecular complexity index is 308. The van der Waals surface area contributed by atoms with Gasteiger partial charge in [0.05, 0.1) is 6.42 Å². The predicted octanol–water partition coefficient (Wildman–Crippen LogP) is 3.16. The molecule has 0 spiro atoms. The van der Waals surface area contributed by atoms with Gasteiger partial charge in [-0.25, -0.2) is 0 Å². The molecule has 0 heterocycles. The van der Waals surface area contributed by atoms with Crippen molar-refractivity contribution in [2.75, 3.05) is 13.1 Å². The van der Waals surface area contributed by atoms with Crippen molar-refractivity contribution >= 4 is 5.97 Å². The topological polar surface area (TPSA) is 40.5 Å². The molecule has 104 valence electrons. The van der Waals surface area contributed by atoms with Crippen molar-refractivity contribution in [3.05, 3.63) is 11.6 Å². The third-order valence-corrected chi connectivity index (χ3v) is 4.04. The Balaban J connectivity index is 2.82. The molecular formula is C15H27NO2. The maximum Gasteiger partial charge on any atom is 0.304 e. The lowest BCUT2D eigenvalue weighted by molar-refractivity contribution is -0.139. The molecule has 0 aromatic heterocycles. The molecule has 3 heteroatoms. The first-order valence-corrected chi connectivity index (χ1v) is 7.11. The molecule has 0 amide bonds. The van der Waals surface area contributed by atoms with Gasteiger partial charge in [-0.05, 0) is 44.7 Å². The standard InChI is InChI=1S/C15H27NO2/c1-5-16(6-2)14(10-15(17)18)13-8-11(3)7-12(4)9-13/h7,11,13-14H,5-6,8-10H2,1-4H3,(H,17,18). The van der Waals surface area contributed by atoms with Crippen LogP contribution in [0.4, 0.5) is 0 Å². The molecule has 1 aliphatic carbocycles. The number of carboxylic acids is 1. The van der Waals surface area contributed by atoms with Gasteiger partial charge in [0.1, 0.15) is 0 Å². The predicted molar refractivity (Wildman–Crippen MR) is 74.6 cm³/mol. The van der Waals surface area contributed by atoms with E-state index in [1.807, 2.05) is 0 Å². The third kappa shape index (κ3) is 4.13. The Hall–Kier alpha value is -0.830. The summed E-state index contributed by atoms with van der Waals surface area (Å²) < 4.78 is 0. The van der Waals surface area contributed by atoms with Gasteiger partial charge >= 0.3 is 5.97 Å². The summed E-state index contributed by atoms with van der Waals surface area (Å²) in [6.45, 7) is 10.5. The number of hydrogen-bond acceptors (Lipinski definition) is 2. The lowest BCUT2D eigenvalue weighted by atomic mass is 9.78. The van der Waals surface area contributed by atoms with Crippen LogP contribution >= 0.6 is 0 Å². The van der Waals surface area contributed by atoms with Crippen LogP contribution in [-0.4, -0.2) is 35.1 Å². The molecule has 3 atom stereocenters. The second-order valence-corrected chi connectivity index (χ2v) is 5.58. The van der Waals surface area contributed by atoms with Gasteiger partial charge in [0.2, 0.25) is 0 Å². The molecule has 3 nitrogen and oxygen atoms in total. The minimum atomic E-state index is -0.674. The highest BCUT2D eigenvalue weighted by atomic mass is 16.4. The summed E-state index contributed by atoms with van der Waals surface area (Å²) in [6.07, 6.45) is 4.77. The molecule has 1 rings (SSSR count). The molecular weight excluding hydrogens is 226 g/mol. The van der Waals surface area contributed by atoms with E-state index in [0.29, 0.717) is 11.8 Å². The number of aliphatic carboxylic acids is 1. The lowest BCUT2D eigenvalue weighted by Gasteiger charge is -2.38. The van der Waals surface area contributed by atoms with E-state index in [9.17, 15) is 4.79 Å². The van der Waals surface area contributed by atoms with Gasteiger partial charge in [0, 0.05) is 6.04 Å². The second kappa shape index (κ2) is 6.93. The average molecular weight is 253 g/mol. The van der Waals surface area contributed by atoms with E-state index < -0.39 is 5.97 Å². The maximum absolute atomic E-state index is 11.1. The number of hydrogen-bond donors (Lipinski definition) is 1. The summed E-state index contributed by atoms with van der Waals surface area (Å²) >= 11 is 0. The van der Waals surface area contributed by atoms with E-state index in [0.717, 1.165) is 25.9 Å². The Kier molecular flexibility index (Phi) is 5.86. The molecule has 0 saturated heterocycles. The second-order valence-electron chi connectivity index (χ2n) is 5.58. The van der Waals surface area contributed by atoms with Gasteiger partial charge in [-0.2, -0.15) is 0 Å². The molecule has 0 fully saturated rings. The van der Waals surface area contributed by atoms with E-state index in [-0.39, 0.29) is 12.5 Å². The fourth-order valence-corrected chi connectivity index (χ4v) is 3.35. The number of rotatable bonds is 6. The largest absolute Gasteiger partial charge is 0.481 e. The van der Waals surface area contributed by atoms with Gasteiger partial charge in [0.25, 0.3) is 0 Å². The zero-order valence-electron chi connectivity index (χ0n) is 12.1. The number of carbonyl (C=O) groups is 1. The fourth-order valence-electron chi connectivity index (χ4n) is 3.35.